The van der Waals surface area contributed by atoms with Crippen LogP contribution in [0.25, 0.3) is 0 Å². The van der Waals surface area contributed by atoms with Gasteiger partial charge in [0.15, 0.2) is 0 Å². The van der Waals surface area contributed by atoms with Gasteiger partial charge < -0.3 is 15.2 Å². The Morgan fingerprint density at radius 1 is 1.33 bits per heavy atom. The maximum Gasteiger partial charge on any atom is 0.267 e. The van der Waals surface area contributed by atoms with Crippen molar-refractivity contribution in [2.45, 2.75) is 43.8 Å². The number of nitrogens with zero attached hydrogens (tertiary/aromatic N) is 2. The summed E-state index contributed by atoms with van der Waals surface area (Å²) in [5, 5.41) is 0. The number of nitrogens with two attached hydrogens (primary N) is 1. The van der Waals surface area contributed by atoms with Crippen LogP contribution in [0.5, 0.6) is 0 Å². The molecule has 2 bridgehead atoms. The number of ether oxygens (including phenoxy) is 2. The molecule has 2 N–H and O–H groups in total. The summed E-state index contributed by atoms with van der Waals surface area (Å²) in [6, 6.07) is 3.84. The van der Waals surface area contributed by atoms with Crippen LogP contribution in [0.15, 0.2) is 18.3 Å². The summed E-state index contributed by atoms with van der Waals surface area (Å²) in [6.45, 7) is 3.95. The highest BCUT2D eigenvalue weighted by molar-refractivity contribution is 5.90. The molecule has 2 saturated heterocycles. The number of aromatic nitrogens is 1. The van der Waals surface area contributed by atoms with Gasteiger partial charge in [-0.25, -0.2) is 0 Å². The number of methoxy groups -OCH3 is 1. The predicted octanol–water partition coefficient (Wildman–Crippen LogP) is 2.35. The van der Waals surface area contributed by atoms with Crippen molar-refractivity contribution in [1.29, 1.82) is 0 Å². The molecule has 1 aliphatic carbocycles. The fraction of sp³-hybridized carbons (Fsp3) is 0.700. The first kappa shape index (κ1) is 20.5. The number of carbonyl (C=O) groups is 1. The first-order chi connectivity index (χ1) is 12.6. The number of rotatable bonds is 5. The fourth-order valence-electron chi connectivity index (χ4n) is 5.48. The second kappa shape index (κ2) is 8.43. The van der Waals surface area contributed by atoms with E-state index in [-0.39, 0.29) is 18.0 Å². The Labute approximate surface area is 167 Å². The average molecular weight is 396 g/mol. The SMILES string of the molecule is CO[C@]1(c2ccnc(C(N)=O)c2)[C@@H]2CCC[C@H]1CN(C[C@@H]1CCCO1)C2.Cl. The summed E-state index contributed by atoms with van der Waals surface area (Å²) in [5.41, 5.74) is 6.48. The van der Waals surface area contributed by atoms with Crippen molar-refractivity contribution in [3.63, 3.8) is 0 Å². The molecule has 0 aromatic carbocycles. The third-order valence-electron chi connectivity index (χ3n) is 6.56. The molecule has 3 fully saturated rings. The second-order valence-electron chi connectivity index (χ2n) is 7.97. The van der Waals surface area contributed by atoms with Gasteiger partial charge in [-0.05, 0) is 43.4 Å². The standard InChI is InChI=1S/C20H29N3O3.ClH/c1-25-20(14-7-8-22-18(10-14)19(21)24)15-4-2-5-16(20)12-23(11-15)13-17-6-3-9-26-17;/h7-8,10,15-17H,2-6,9,11-13H2,1H3,(H2,21,24);1H/t15-,16+,17-,20-;/m0./s1. The molecule has 1 aromatic heterocycles. The molecule has 0 spiro atoms. The van der Waals surface area contributed by atoms with E-state index in [4.69, 9.17) is 15.2 Å². The molecular weight excluding hydrogens is 366 g/mol. The number of carbonyl (C=O) groups excluding carboxylic acids is 1. The number of hydrogen-bond donors (Lipinski definition) is 1. The molecular formula is C20H30ClN3O3. The number of halogens is 1. The molecule has 150 valence electrons. The molecule has 1 aromatic rings. The zero-order valence-electron chi connectivity index (χ0n) is 15.9. The third-order valence-corrected chi connectivity index (χ3v) is 6.56. The number of amides is 1. The van der Waals surface area contributed by atoms with Gasteiger partial charge in [0.25, 0.3) is 5.91 Å². The van der Waals surface area contributed by atoms with Gasteiger partial charge in [-0.1, -0.05) is 6.42 Å². The van der Waals surface area contributed by atoms with Crippen molar-refractivity contribution in [2.24, 2.45) is 17.6 Å². The molecule has 7 heteroatoms. The summed E-state index contributed by atoms with van der Waals surface area (Å²) in [5.74, 6) is 0.327. The molecule has 4 atom stereocenters. The molecule has 27 heavy (non-hydrogen) atoms. The van der Waals surface area contributed by atoms with Crippen LogP contribution in [0.1, 0.15) is 48.2 Å². The van der Waals surface area contributed by atoms with Crippen molar-refractivity contribution in [3.05, 3.63) is 29.6 Å². The molecule has 2 aliphatic heterocycles. The summed E-state index contributed by atoms with van der Waals surface area (Å²) >= 11 is 0. The van der Waals surface area contributed by atoms with Crippen LogP contribution in [0.4, 0.5) is 0 Å². The van der Waals surface area contributed by atoms with Crippen molar-refractivity contribution < 1.29 is 14.3 Å². The number of piperidine rings is 1. The van der Waals surface area contributed by atoms with Gasteiger partial charge in [0, 0.05) is 51.4 Å². The largest absolute Gasteiger partial charge is 0.377 e. The van der Waals surface area contributed by atoms with Crippen LogP contribution in [0.2, 0.25) is 0 Å². The number of primary amides is 1. The topological polar surface area (TPSA) is 77.7 Å². The van der Waals surface area contributed by atoms with E-state index in [1.807, 2.05) is 19.2 Å². The van der Waals surface area contributed by atoms with E-state index < -0.39 is 5.91 Å². The maximum absolute atomic E-state index is 11.6. The Morgan fingerprint density at radius 2 is 2.07 bits per heavy atom. The van der Waals surface area contributed by atoms with E-state index in [1.54, 1.807) is 6.20 Å². The van der Waals surface area contributed by atoms with Gasteiger partial charge in [-0.2, -0.15) is 0 Å². The zero-order chi connectivity index (χ0) is 18.1. The van der Waals surface area contributed by atoms with Crippen LogP contribution in [-0.4, -0.2) is 55.2 Å². The number of pyridine rings is 1. The molecule has 0 radical (unpaired) electrons. The average Bonchev–Trinajstić information content (AvgIpc) is 3.14. The van der Waals surface area contributed by atoms with E-state index >= 15 is 0 Å². The minimum Gasteiger partial charge on any atom is -0.377 e. The lowest BCUT2D eigenvalue weighted by molar-refractivity contribution is -0.171. The molecule has 4 rings (SSSR count). The van der Waals surface area contributed by atoms with E-state index in [2.05, 4.69) is 9.88 Å². The molecule has 6 nitrogen and oxygen atoms in total. The smallest absolute Gasteiger partial charge is 0.267 e. The minimum atomic E-state index is -0.487. The Balaban J connectivity index is 0.00000210. The highest BCUT2D eigenvalue weighted by Gasteiger charge is 2.53. The van der Waals surface area contributed by atoms with Crippen LogP contribution >= 0.6 is 12.4 Å². The van der Waals surface area contributed by atoms with Gasteiger partial charge in [-0.3, -0.25) is 14.7 Å². The lowest BCUT2D eigenvalue weighted by Crippen LogP contribution is -2.59. The van der Waals surface area contributed by atoms with Gasteiger partial charge in [0.2, 0.25) is 0 Å². The summed E-state index contributed by atoms with van der Waals surface area (Å²) in [7, 11) is 1.81. The Bertz CT molecular complexity index is 652. The first-order valence-electron chi connectivity index (χ1n) is 9.79. The van der Waals surface area contributed by atoms with Crippen molar-refractivity contribution in [1.82, 2.24) is 9.88 Å². The Hall–Kier alpha value is -1.21. The van der Waals surface area contributed by atoms with E-state index in [0.29, 0.717) is 23.6 Å². The first-order valence-corrected chi connectivity index (χ1v) is 9.79. The normalized spacial score (nSPS) is 33.4. The van der Waals surface area contributed by atoms with Gasteiger partial charge in [0.05, 0.1) is 6.10 Å². The van der Waals surface area contributed by atoms with Crippen molar-refractivity contribution >= 4 is 18.3 Å². The van der Waals surface area contributed by atoms with E-state index in [9.17, 15) is 4.79 Å². The van der Waals surface area contributed by atoms with Crippen LogP contribution in [0.3, 0.4) is 0 Å². The highest BCUT2D eigenvalue weighted by Crippen LogP contribution is 2.51. The van der Waals surface area contributed by atoms with E-state index in [0.717, 1.165) is 44.6 Å². The number of fused-ring (bicyclic) bond motifs is 2. The highest BCUT2D eigenvalue weighted by atomic mass is 35.5. The quantitative estimate of drug-likeness (QED) is 0.828. The molecule has 0 unspecified atom stereocenters. The lowest BCUT2D eigenvalue weighted by atomic mass is 9.62. The summed E-state index contributed by atoms with van der Waals surface area (Å²) < 4.78 is 12.1. The van der Waals surface area contributed by atoms with Crippen molar-refractivity contribution in [3.8, 4) is 0 Å². The zero-order valence-corrected chi connectivity index (χ0v) is 16.7. The van der Waals surface area contributed by atoms with Crippen LogP contribution < -0.4 is 5.73 Å². The lowest BCUT2D eigenvalue weighted by Gasteiger charge is -2.55. The monoisotopic (exact) mass is 395 g/mol. The van der Waals surface area contributed by atoms with Crippen molar-refractivity contribution in [2.75, 3.05) is 33.4 Å². The molecule has 1 saturated carbocycles. The summed E-state index contributed by atoms with van der Waals surface area (Å²) in [4.78, 5) is 18.3. The van der Waals surface area contributed by atoms with Gasteiger partial charge in [-0.15, -0.1) is 12.4 Å². The Kier molecular flexibility index (Phi) is 6.41. The van der Waals surface area contributed by atoms with Gasteiger partial charge in [0.1, 0.15) is 11.3 Å². The maximum atomic E-state index is 11.6. The van der Waals surface area contributed by atoms with Crippen LogP contribution in [0, 0.1) is 11.8 Å². The molecule has 1 amide bonds. The number of hydrogen-bond acceptors (Lipinski definition) is 5. The Morgan fingerprint density at radius 3 is 2.67 bits per heavy atom. The molecule has 3 aliphatic rings. The fourth-order valence-corrected chi connectivity index (χ4v) is 5.48. The van der Waals surface area contributed by atoms with Crippen LogP contribution in [-0.2, 0) is 15.1 Å². The van der Waals surface area contributed by atoms with E-state index in [1.165, 1.54) is 19.3 Å². The third kappa shape index (κ3) is 3.73. The van der Waals surface area contributed by atoms with Gasteiger partial charge >= 0.3 is 0 Å². The second-order valence-corrected chi connectivity index (χ2v) is 7.97. The minimum absolute atomic E-state index is 0. The predicted molar refractivity (Wildman–Crippen MR) is 105 cm³/mol. The molecule has 3 heterocycles. The summed E-state index contributed by atoms with van der Waals surface area (Å²) in [6.07, 6.45) is 7.94. The number of likely N-dealkylation sites (tertiary alicyclic amines) is 1.